The van der Waals surface area contributed by atoms with E-state index in [9.17, 15) is 14.4 Å². The fraction of sp³-hybridized carbons (Fsp3) is 0.643. The van der Waals surface area contributed by atoms with E-state index in [1.807, 2.05) is 0 Å². The van der Waals surface area contributed by atoms with E-state index in [-0.39, 0.29) is 12.0 Å². The highest BCUT2D eigenvalue weighted by molar-refractivity contribution is 5.88. The molecule has 0 radical (unpaired) electrons. The Kier molecular flexibility index (Phi) is 5.73. The Balaban J connectivity index is 2.53. The summed E-state index contributed by atoms with van der Waals surface area (Å²) in [6.07, 6.45) is 3.03. The van der Waals surface area contributed by atoms with Crippen molar-refractivity contribution in [3.8, 4) is 0 Å². The normalized spacial score (nSPS) is 16.3. The van der Waals surface area contributed by atoms with Crippen LogP contribution >= 0.6 is 0 Å². The maximum absolute atomic E-state index is 11.7. The van der Waals surface area contributed by atoms with Gasteiger partial charge < -0.3 is 14.2 Å². The van der Waals surface area contributed by atoms with Crippen LogP contribution in [0.5, 0.6) is 0 Å². The van der Waals surface area contributed by atoms with Crippen molar-refractivity contribution >= 4 is 17.9 Å². The fourth-order valence-corrected chi connectivity index (χ4v) is 2.19. The molecular weight excluding hydrogens is 264 g/mol. The van der Waals surface area contributed by atoms with Crippen molar-refractivity contribution in [3.63, 3.8) is 0 Å². The molecule has 1 aliphatic rings. The van der Waals surface area contributed by atoms with Crippen molar-refractivity contribution in [3.05, 3.63) is 12.2 Å². The summed E-state index contributed by atoms with van der Waals surface area (Å²) in [5.41, 5.74) is -0.609. The van der Waals surface area contributed by atoms with Gasteiger partial charge in [-0.05, 0) is 32.6 Å². The molecule has 1 rings (SSSR count). The maximum Gasteiger partial charge on any atom is 0.344 e. The summed E-state index contributed by atoms with van der Waals surface area (Å²) in [5.74, 6) is -1.72. The van der Waals surface area contributed by atoms with Gasteiger partial charge in [-0.3, -0.25) is 4.79 Å². The Morgan fingerprint density at radius 2 is 1.75 bits per heavy atom. The summed E-state index contributed by atoms with van der Waals surface area (Å²) in [7, 11) is 1.29. The van der Waals surface area contributed by atoms with Crippen LogP contribution in [-0.2, 0) is 28.6 Å². The smallest absolute Gasteiger partial charge is 0.344 e. The number of esters is 3. The molecule has 0 aromatic carbocycles. The van der Waals surface area contributed by atoms with Gasteiger partial charge in [-0.1, -0.05) is 6.58 Å². The summed E-state index contributed by atoms with van der Waals surface area (Å²) >= 11 is 0. The van der Waals surface area contributed by atoms with Gasteiger partial charge in [0.05, 0.1) is 13.5 Å². The Hall–Kier alpha value is -1.85. The third-order valence-electron chi connectivity index (χ3n) is 3.21. The van der Waals surface area contributed by atoms with E-state index >= 15 is 0 Å². The standard InChI is InChI=1S/C14H20O6/c1-10(2)13(17)19-9-12(16)20-14(6-4-5-7-14)8-11(15)18-3/h1,4-9H2,2-3H3. The first-order valence-electron chi connectivity index (χ1n) is 6.50. The third kappa shape index (κ3) is 4.68. The van der Waals surface area contributed by atoms with Gasteiger partial charge in [0.25, 0.3) is 0 Å². The van der Waals surface area contributed by atoms with Crippen molar-refractivity contribution in [2.24, 2.45) is 0 Å². The molecule has 0 bridgehead atoms. The second-order valence-corrected chi connectivity index (χ2v) is 4.97. The van der Waals surface area contributed by atoms with Crippen molar-refractivity contribution in [2.45, 2.75) is 44.6 Å². The molecule has 0 heterocycles. The van der Waals surface area contributed by atoms with E-state index in [1.165, 1.54) is 14.0 Å². The lowest BCUT2D eigenvalue weighted by atomic mass is 9.97. The molecule has 0 unspecified atom stereocenters. The van der Waals surface area contributed by atoms with E-state index in [1.54, 1.807) is 0 Å². The van der Waals surface area contributed by atoms with Crippen molar-refractivity contribution in [2.75, 3.05) is 13.7 Å². The molecule has 0 spiro atoms. The minimum absolute atomic E-state index is 0.0314. The molecule has 1 saturated carbocycles. The van der Waals surface area contributed by atoms with Gasteiger partial charge in [0.15, 0.2) is 6.61 Å². The van der Waals surface area contributed by atoms with Gasteiger partial charge in [0, 0.05) is 5.57 Å². The summed E-state index contributed by atoms with van der Waals surface area (Å²) in [6, 6.07) is 0. The van der Waals surface area contributed by atoms with E-state index in [4.69, 9.17) is 9.47 Å². The number of rotatable bonds is 6. The van der Waals surface area contributed by atoms with Gasteiger partial charge in [0.2, 0.25) is 0 Å². The highest BCUT2D eigenvalue weighted by Crippen LogP contribution is 2.36. The summed E-state index contributed by atoms with van der Waals surface area (Å²) in [6.45, 7) is 4.42. The van der Waals surface area contributed by atoms with E-state index in [0.717, 1.165) is 12.8 Å². The number of ether oxygens (including phenoxy) is 3. The van der Waals surface area contributed by atoms with Crippen LogP contribution in [0.3, 0.4) is 0 Å². The Bertz CT molecular complexity index is 406. The Labute approximate surface area is 118 Å². The molecular formula is C14H20O6. The van der Waals surface area contributed by atoms with E-state index in [0.29, 0.717) is 12.8 Å². The first-order chi connectivity index (χ1) is 9.38. The van der Waals surface area contributed by atoms with Gasteiger partial charge in [-0.25, -0.2) is 9.59 Å². The van der Waals surface area contributed by atoms with Crippen LogP contribution in [0.1, 0.15) is 39.0 Å². The number of carbonyl (C=O) groups is 3. The fourth-order valence-electron chi connectivity index (χ4n) is 2.19. The average molecular weight is 284 g/mol. The highest BCUT2D eigenvalue weighted by atomic mass is 16.6. The summed E-state index contributed by atoms with van der Waals surface area (Å²) < 4.78 is 14.7. The second kappa shape index (κ2) is 7.07. The first kappa shape index (κ1) is 16.2. The molecule has 0 aromatic rings. The molecule has 0 aromatic heterocycles. The average Bonchev–Trinajstić information content (AvgIpc) is 2.83. The van der Waals surface area contributed by atoms with Crippen molar-refractivity contribution in [1.82, 2.24) is 0 Å². The highest BCUT2D eigenvalue weighted by Gasteiger charge is 2.40. The largest absolute Gasteiger partial charge is 0.469 e. The number of methoxy groups -OCH3 is 1. The predicted octanol–water partition coefficient (Wildman–Crippen LogP) is 1.52. The summed E-state index contributed by atoms with van der Waals surface area (Å²) in [5, 5.41) is 0. The molecule has 1 fully saturated rings. The van der Waals surface area contributed by atoms with Gasteiger partial charge in [0.1, 0.15) is 5.60 Å². The van der Waals surface area contributed by atoms with E-state index in [2.05, 4.69) is 11.3 Å². The zero-order valence-corrected chi connectivity index (χ0v) is 11.9. The molecule has 1 aliphatic carbocycles. The second-order valence-electron chi connectivity index (χ2n) is 4.97. The maximum atomic E-state index is 11.7. The molecule has 6 heteroatoms. The zero-order chi connectivity index (χ0) is 15.2. The van der Waals surface area contributed by atoms with Crippen LogP contribution in [0.15, 0.2) is 12.2 Å². The SMILES string of the molecule is C=C(C)C(=O)OCC(=O)OC1(CC(=O)OC)CCCC1. The quantitative estimate of drug-likeness (QED) is 0.418. The van der Waals surface area contributed by atoms with Crippen LogP contribution in [0.25, 0.3) is 0 Å². The molecule has 112 valence electrons. The predicted molar refractivity (Wildman–Crippen MR) is 69.7 cm³/mol. The van der Waals surface area contributed by atoms with E-state index < -0.39 is 30.1 Å². The first-order valence-corrected chi connectivity index (χ1v) is 6.50. The van der Waals surface area contributed by atoms with Crippen LogP contribution in [0, 0.1) is 0 Å². The monoisotopic (exact) mass is 284 g/mol. The van der Waals surface area contributed by atoms with Gasteiger partial charge >= 0.3 is 17.9 Å². The van der Waals surface area contributed by atoms with Crippen molar-refractivity contribution < 1.29 is 28.6 Å². The lowest BCUT2D eigenvalue weighted by molar-refractivity contribution is -0.172. The number of hydrogen-bond donors (Lipinski definition) is 0. The molecule has 0 amide bonds. The Morgan fingerprint density at radius 3 is 2.25 bits per heavy atom. The molecule has 0 N–H and O–H groups in total. The molecule has 0 atom stereocenters. The lowest BCUT2D eigenvalue weighted by Gasteiger charge is -2.27. The third-order valence-corrected chi connectivity index (χ3v) is 3.21. The minimum Gasteiger partial charge on any atom is -0.469 e. The molecule has 0 saturated heterocycles. The Morgan fingerprint density at radius 1 is 1.15 bits per heavy atom. The molecule has 6 nitrogen and oxygen atoms in total. The molecule has 20 heavy (non-hydrogen) atoms. The van der Waals surface area contributed by atoms with Gasteiger partial charge in [-0.2, -0.15) is 0 Å². The zero-order valence-electron chi connectivity index (χ0n) is 11.9. The minimum atomic E-state index is -0.820. The number of hydrogen-bond acceptors (Lipinski definition) is 6. The van der Waals surface area contributed by atoms with Crippen LogP contribution in [0.4, 0.5) is 0 Å². The molecule has 0 aliphatic heterocycles. The van der Waals surface area contributed by atoms with Crippen LogP contribution in [-0.4, -0.2) is 37.2 Å². The van der Waals surface area contributed by atoms with Crippen LogP contribution < -0.4 is 0 Å². The van der Waals surface area contributed by atoms with Crippen molar-refractivity contribution in [1.29, 1.82) is 0 Å². The van der Waals surface area contributed by atoms with Crippen LogP contribution in [0.2, 0.25) is 0 Å². The lowest BCUT2D eigenvalue weighted by Crippen LogP contribution is -2.36. The number of carbonyl (C=O) groups excluding carboxylic acids is 3. The van der Waals surface area contributed by atoms with Gasteiger partial charge in [-0.15, -0.1) is 0 Å². The summed E-state index contributed by atoms with van der Waals surface area (Å²) in [4.78, 5) is 34.3. The topological polar surface area (TPSA) is 78.9 Å².